The van der Waals surface area contributed by atoms with Crippen molar-refractivity contribution >= 4 is 94.4 Å². The molecule has 7 amide bonds. The van der Waals surface area contributed by atoms with Crippen LogP contribution in [0.3, 0.4) is 0 Å². The second kappa shape index (κ2) is 35.3. The number of hydrogen-bond acceptors (Lipinski definition) is 22. The molecule has 4 aliphatic heterocycles. The molecular formula is C65H108N4O19S3. The van der Waals surface area contributed by atoms with Crippen LogP contribution in [0.25, 0.3) is 0 Å². The summed E-state index contributed by atoms with van der Waals surface area (Å²) in [6.07, 6.45) is -4.21. The molecule has 23 nitrogen and oxygen atoms in total. The van der Waals surface area contributed by atoms with Gasteiger partial charge in [-0.1, -0.05) is 110 Å². The van der Waals surface area contributed by atoms with E-state index in [0.29, 0.717) is 57.0 Å². The summed E-state index contributed by atoms with van der Waals surface area (Å²) in [7, 11) is 0. The Kier molecular flexibility index (Phi) is 32.8. The van der Waals surface area contributed by atoms with E-state index in [4.69, 9.17) is 38.0 Å². The third-order valence-corrected chi connectivity index (χ3v) is 16.3. The van der Waals surface area contributed by atoms with Gasteiger partial charge in [0.25, 0.3) is 0 Å². The van der Waals surface area contributed by atoms with Gasteiger partial charge >= 0.3 is 12.1 Å². The molecular weight excluding hydrogens is 1240 g/mol. The summed E-state index contributed by atoms with van der Waals surface area (Å²) in [6, 6.07) is 4.81. The Bertz CT molecular complexity index is 2630. The van der Waals surface area contributed by atoms with Gasteiger partial charge < -0.3 is 49.1 Å². The average Bonchev–Trinajstić information content (AvgIpc) is 3.26. The first-order valence-corrected chi connectivity index (χ1v) is 33.1. The number of hydrogen-bond donors (Lipinski definition) is 4. The van der Waals surface area contributed by atoms with Crippen molar-refractivity contribution in [3.8, 4) is 5.75 Å². The number of anilines is 1. The van der Waals surface area contributed by atoms with Crippen LogP contribution in [-0.4, -0.2) is 196 Å². The number of ether oxygens (including phenoxy) is 6. The SMILES string of the molecule is CC(C)(C)C(=O)Nc1cc(COC(=O)C(C)(C)C)ccc1O[C@@H]1OC[C@@H](O)[C@H](O)[C@H]1O.CC(C)(C)COCCN1C(=O)CC(SC(C)(C)C)C1=O.CC(C)(C)OCCN1C(=O)CC(SC(C)(C)C)C1=O.CC(C)(C)OCN1C(=O)CC(SC(C)(C)C)C1=O.O=C=O. The number of nitrogens with zero attached hydrogens (tertiary/aromatic N) is 3. The van der Waals surface area contributed by atoms with E-state index >= 15 is 0 Å². The first kappa shape index (κ1) is 84.5. The lowest BCUT2D eigenvalue weighted by Gasteiger charge is -2.35. The van der Waals surface area contributed by atoms with Crippen molar-refractivity contribution in [1.82, 2.24) is 14.7 Å². The summed E-state index contributed by atoms with van der Waals surface area (Å²) in [4.78, 5) is 117. The summed E-state index contributed by atoms with van der Waals surface area (Å²) in [5.41, 5.74) is -0.917. The lowest BCUT2D eigenvalue weighted by atomic mass is 9.95. The molecule has 0 radical (unpaired) electrons. The molecule has 0 aliphatic carbocycles. The van der Waals surface area contributed by atoms with Gasteiger partial charge in [-0.25, -0.2) is 0 Å². The number of amides is 7. The van der Waals surface area contributed by atoms with E-state index in [-0.39, 0.29) is 132 Å². The smallest absolute Gasteiger partial charge is 0.373 e. The molecule has 4 saturated heterocycles. The standard InChI is InChI=1S/C22H33NO8.C15H27NO3S.C14H25NO3S.C13H23NO3S.CO2/c1-21(2,3)19(27)23-13-9-12(10-30-20(28)22(4,5)6)7-8-15(13)31-18-17(26)16(25)14(24)11-29-18;1-14(2,3)10-19-8-7-16-12(17)9-11(13(16)18)20-15(4,5)6;1-13(2,3)18-8-7-15-11(16)9-10(12(15)17)19-14(4,5)6;1-12(2,3)17-8-14-10(15)7-9(11(14)16)18-13(4,5)6;2-1-3/h7-9,14,16-18,24-26H,10-11H2,1-6H3,(H,23,27);11H,7-10H2,1-6H3;10H,7-9H2,1-6H3;9H,7-8H2,1-6H3;/t14-,16+,17-,18+;;;;/m1..../s1. The minimum Gasteiger partial charge on any atom is -0.460 e. The number of benzene rings is 1. The molecule has 520 valence electrons. The third-order valence-electron chi connectivity index (χ3n) is 12.2. The maximum absolute atomic E-state index is 12.5. The van der Waals surface area contributed by atoms with Crippen molar-refractivity contribution in [2.24, 2.45) is 16.2 Å². The Morgan fingerprint density at radius 2 is 1.01 bits per heavy atom. The number of thioether (sulfide) groups is 3. The molecule has 5 rings (SSSR count). The number of aliphatic hydroxyl groups is 3. The fourth-order valence-corrected chi connectivity index (χ4v) is 11.8. The van der Waals surface area contributed by atoms with Gasteiger partial charge in [0.2, 0.25) is 47.6 Å². The van der Waals surface area contributed by atoms with E-state index in [1.807, 2.05) is 62.3 Å². The van der Waals surface area contributed by atoms with Crippen LogP contribution < -0.4 is 10.1 Å². The molecule has 7 atom stereocenters. The van der Waals surface area contributed by atoms with Gasteiger partial charge in [0.1, 0.15) is 37.4 Å². The highest BCUT2D eigenvalue weighted by Crippen LogP contribution is 2.38. The van der Waals surface area contributed by atoms with Crippen LogP contribution in [0.4, 0.5) is 5.69 Å². The zero-order valence-electron chi connectivity index (χ0n) is 58.5. The molecule has 4 aliphatic rings. The molecule has 0 saturated carbocycles. The minimum atomic E-state index is -1.48. The number of imide groups is 3. The van der Waals surface area contributed by atoms with E-state index in [0.717, 1.165) is 0 Å². The average molecular weight is 1350 g/mol. The highest BCUT2D eigenvalue weighted by atomic mass is 32.2. The Morgan fingerprint density at radius 3 is 1.41 bits per heavy atom. The Labute approximate surface area is 553 Å². The van der Waals surface area contributed by atoms with Crippen LogP contribution in [0.1, 0.15) is 191 Å². The second-order valence-corrected chi connectivity index (χ2v) is 36.6. The van der Waals surface area contributed by atoms with Gasteiger partial charge in [-0.05, 0) is 85.4 Å². The van der Waals surface area contributed by atoms with Gasteiger partial charge in [0.15, 0.2) is 0 Å². The fourth-order valence-electron chi connectivity index (χ4n) is 7.91. The summed E-state index contributed by atoms with van der Waals surface area (Å²) < 4.78 is 32.9. The zero-order valence-corrected chi connectivity index (χ0v) is 60.9. The number of nitrogens with one attached hydrogen (secondary N) is 1. The normalized spacial score (nSPS) is 21.8. The van der Waals surface area contributed by atoms with Crippen LogP contribution in [0, 0.1) is 16.2 Å². The molecule has 26 heteroatoms. The van der Waals surface area contributed by atoms with Crippen molar-refractivity contribution in [3.63, 3.8) is 0 Å². The number of carbonyl (C=O) groups excluding carboxylic acids is 10. The molecule has 4 fully saturated rings. The molecule has 0 bridgehead atoms. The first-order valence-electron chi connectivity index (χ1n) is 30.5. The molecule has 0 aromatic heterocycles. The lowest BCUT2D eigenvalue weighted by Crippen LogP contribution is -2.54. The number of carbonyl (C=O) groups is 8. The van der Waals surface area contributed by atoms with Crippen molar-refractivity contribution in [2.45, 2.75) is 258 Å². The summed E-state index contributed by atoms with van der Waals surface area (Å²) in [5, 5.41) is 31.7. The van der Waals surface area contributed by atoms with Gasteiger partial charge in [0, 0.05) is 38.9 Å². The maximum atomic E-state index is 12.5. The van der Waals surface area contributed by atoms with Crippen LogP contribution in [0.2, 0.25) is 0 Å². The summed E-state index contributed by atoms with van der Waals surface area (Å²) >= 11 is 4.68. The van der Waals surface area contributed by atoms with Gasteiger partial charge in [-0.15, -0.1) is 35.3 Å². The molecule has 4 N–H and O–H groups in total. The molecule has 3 unspecified atom stereocenters. The van der Waals surface area contributed by atoms with Crippen molar-refractivity contribution < 1.29 is 91.7 Å². The van der Waals surface area contributed by atoms with E-state index in [1.165, 1.54) is 14.7 Å². The minimum absolute atomic E-state index is 0.00221. The number of esters is 1. The summed E-state index contributed by atoms with van der Waals surface area (Å²) in [6.45, 7) is 48.9. The highest BCUT2D eigenvalue weighted by molar-refractivity contribution is 8.02. The van der Waals surface area contributed by atoms with E-state index in [2.05, 4.69) is 67.6 Å². The van der Waals surface area contributed by atoms with E-state index in [1.54, 1.807) is 95.0 Å². The lowest BCUT2D eigenvalue weighted by molar-refractivity contribution is -0.241. The number of aliphatic hydroxyl groups excluding tert-OH is 3. The molecule has 1 aromatic carbocycles. The van der Waals surface area contributed by atoms with Crippen molar-refractivity contribution in [2.75, 3.05) is 51.6 Å². The van der Waals surface area contributed by atoms with Gasteiger partial charge in [-0.2, -0.15) is 9.59 Å². The van der Waals surface area contributed by atoms with Crippen LogP contribution >= 0.6 is 35.3 Å². The van der Waals surface area contributed by atoms with Crippen molar-refractivity contribution in [3.05, 3.63) is 23.8 Å². The monoisotopic (exact) mass is 1340 g/mol. The van der Waals surface area contributed by atoms with Crippen LogP contribution in [0.15, 0.2) is 18.2 Å². The molecule has 0 spiro atoms. The van der Waals surface area contributed by atoms with Gasteiger partial charge in [0.05, 0.1) is 77.6 Å². The number of likely N-dealkylation sites (tertiary alicyclic amines) is 3. The topological polar surface area (TPSA) is 309 Å². The zero-order chi connectivity index (χ0) is 70.8. The molecule has 1 aromatic rings. The summed E-state index contributed by atoms with van der Waals surface area (Å²) in [5.74, 6) is -0.982. The molecule has 91 heavy (non-hydrogen) atoms. The van der Waals surface area contributed by atoms with Crippen LogP contribution in [-0.2, 0) is 78.2 Å². The van der Waals surface area contributed by atoms with Gasteiger partial charge in [-0.3, -0.25) is 53.1 Å². The fraction of sp³-hybridized carbons (Fsp3) is 0.769. The Hall–Kier alpha value is -4.47. The quantitative estimate of drug-likeness (QED) is 0.0644. The maximum Gasteiger partial charge on any atom is 0.373 e. The highest BCUT2D eigenvalue weighted by Gasteiger charge is 2.44. The largest absolute Gasteiger partial charge is 0.460 e. The first-order chi connectivity index (χ1) is 41.1. The van der Waals surface area contributed by atoms with E-state index < -0.39 is 35.4 Å². The Balaban J connectivity index is 0.000000613. The predicted octanol–water partition coefficient (Wildman–Crippen LogP) is 8.58. The Morgan fingerprint density at radius 1 is 0.593 bits per heavy atom. The second-order valence-electron chi connectivity index (χ2n) is 30.5. The predicted molar refractivity (Wildman–Crippen MR) is 351 cm³/mol. The molecule has 4 heterocycles. The number of rotatable bonds is 17. The van der Waals surface area contributed by atoms with Crippen molar-refractivity contribution in [1.29, 1.82) is 0 Å². The third kappa shape index (κ3) is 33.0. The van der Waals surface area contributed by atoms with E-state index in [9.17, 15) is 53.7 Å². The van der Waals surface area contributed by atoms with Crippen LogP contribution in [0.5, 0.6) is 5.75 Å².